The van der Waals surface area contributed by atoms with Crippen molar-refractivity contribution in [2.75, 3.05) is 0 Å². The lowest BCUT2D eigenvalue weighted by Gasteiger charge is -2.23. The highest BCUT2D eigenvalue weighted by Gasteiger charge is 2.40. The zero-order valence-electron chi connectivity index (χ0n) is 14.9. The van der Waals surface area contributed by atoms with Gasteiger partial charge in [-0.25, -0.2) is 9.97 Å². The summed E-state index contributed by atoms with van der Waals surface area (Å²) in [5.74, 6) is 1.02. The average Bonchev–Trinajstić information content (AvgIpc) is 3.15. The summed E-state index contributed by atoms with van der Waals surface area (Å²) in [6, 6.07) is 10.8. The van der Waals surface area contributed by atoms with Crippen LogP contribution in [0.3, 0.4) is 0 Å². The van der Waals surface area contributed by atoms with E-state index in [2.05, 4.69) is 39.6 Å². The Labute approximate surface area is 152 Å². The van der Waals surface area contributed by atoms with Crippen molar-refractivity contribution in [1.82, 2.24) is 19.9 Å². The van der Waals surface area contributed by atoms with Crippen molar-refractivity contribution in [2.24, 2.45) is 18.9 Å². The summed E-state index contributed by atoms with van der Waals surface area (Å²) >= 11 is 0. The first-order valence-corrected chi connectivity index (χ1v) is 9.34. The van der Waals surface area contributed by atoms with Crippen LogP contribution in [0.5, 0.6) is 0 Å². The van der Waals surface area contributed by atoms with Crippen LogP contribution in [0.15, 0.2) is 42.9 Å². The fraction of sp³-hybridized carbons (Fsp3) is 0.381. The second-order valence-electron chi connectivity index (χ2n) is 7.66. The summed E-state index contributed by atoms with van der Waals surface area (Å²) in [7, 11) is 1.90. The number of aryl methyl sites for hydroxylation is 1. The monoisotopic (exact) mass is 346 g/mol. The van der Waals surface area contributed by atoms with Gasteiger partial charge in [0.05, 0.1) is 11.9 Å². The molecule has 2 heterocycles. The maximum absolute atomic E-state index is 13.1. The van der Waals surface area contributed by atoms with Crippen LogP contribution < -0.4 is 5.32 Å². The predicted molar refractivity (Wildman–Crippen MR) is 99.8 cm³/mol. The number of hydrogen-bond acceptors (Lipinski definition) is 3. The van der Waals surface area contributed by atoms with E-state index in [1.54, 1.807) is 18.6 Å². The van der Waals surface area contributed by atoms with E-state index in [9.17, 15) is 4.79 Å². The minimum absolute atomic E-state index is 0.0241. The second-order valence-corrected chi connectivity index (χ2v) is 7.66. The fourth-order valence-electron chi connectivity index (χ4n) is 4.83. The van der Waals surface area contributed by atoms with E-state index in [-0.39, 0.29) is 11.9 Å². The number of nitrogens with zero attached hydrogens (tertiary/aromatic N) is 3. The van der Waals surface area contributed by atoms with E-state index >= 15 is 0 Å². The molecule has 2 aliphatic carbocycles. The Hall–Kier alpha value is -2.69. The maximum atomic E-state index is 13.1. The molecule has 0 aliphatic heterocycles. The molecule has 2 aliphatic rings. The van der Waals surface area contributed by atoms with Crippen LogP contribution in [0.1, 0.15) is 34.3 Å². The third-order valence-electron chi connectivity index (χ3n) is 6.15. The second kappa shape index (κ2) is 5.94. The van der Waals surface area contributed by atoms with E-state index in [0.717, 1.165) is 18.5 Å². The molecule has 1 fully saturated rings. The van der Waals surface area contributed by atoms with Crippen LogP contribution in [0, 0.1) is 11.8 Å². The van der Waals surface area contributed by atoms with Gasteiger partial charge in [-0.05, 0) is 54.7 Å². The molecule has 2 atom stereocenters. The Morgan fingerprint density at radius 2 is 1.77 bits per heavy atom. The van der Waals surface area contributed by atoms with Gasteiger partial charge < -0.3 is 9.88 Å². The topological polar surface area (TPSA) is 59.8 Å². The molecule has 1 aromatic carbocycles. The first-order valence-electron chi connectivity index (χ1n) is 9.34. The molecule has 5 rings (SSSR count). The number of hydrogen-bond donors (Lipinski definition) is 1. The van der Waals surface area contributed by atoms with Crippen molar-refractivity contribution in [3.8, 4) is 0 Å². The third kappa shape index (κ3) is 2.42. The zero-order valence-corrected chi connectivity index (χ0v) is 14.9. The van der Waals surface area contributed by atoms with Crippen molar-refractivity contribution >= 4 is 17.1 Å². The van der Waals surface area contributed by atoms with E-state index in [4.69, 9.17) is 0 Å². The van der Waals surface area contributed by atoms with Crippen molar-refractivity contribution in [3.63, 3.8) is 0 Å². The summed E-state index contributed by atoms with van der Waals surface area (Å²) in [4.78, 5) is 21.8. The molecule has 2 unspecified atom stereocenters. The minimum atomic E-state index is -0.0241. The molecule has 1 N–H and O–H groups in total. The number of rotatable bonds is 2. The van der Waals surface area contributed by atoms with E-state index in [0.29, 0.717) is 22.9 Å². The van der Waals surface area contributed by atoms with Crippen molar-refractivity contribution in [3.05, 3.63) is 59.5 Å². The number of carbonyl (C=O) groups excluding carboxylic acids is 1. The van der Waals surface area contributed by atoms with Gasteiger partial charge in [-0.1, -0.05) is 24.3 Å². The standard InChI is InChI=1S/C21H22N4O/c1-25-12-23-19-17(8-9-22-20(19)25)21(26)24-18-15-6-7-16(18)11-14-5-3-2-4-13(14)10-15/h2-5,8-9,12,15-16,18H,6-7,10-11H2,1H3,(H,24,26). The van der Waals surface area contributed by atoms with Gasteiger partial charge in [-0.15, -0.1) is 0 Å². The molecular formula is C21H22N4O. The van der Waals surface area contributed by atoms with Gasteiger partial charge in [0.25, 0.3) is 5.91 Å². The number of aromatic nitrogens is 3. The van der Waals surface area contributed by atoms with E-state index < -0.39 is 0 Å². The molecule has 0 saturated heterocycles. The Kier molecular flexibility index (Phi) is 3.55. The summed E-state index contributed by atoms with van der Waals surface area (Å²) in [5.41, 5.74) is 4.95. The molecule has 5 nitrogen and oxygen atoms in total. The highest BCUT2D eigenvalue weighted by molar-refractivity contribution is 6.04. The molecule has 0 radical (unpaired) electrons. The Balaban J connectivity index is 1.44. The lowest BCUT2D eigenvalue weighted by molar-refractivity contribution is 0.0918. The van der Waals surface area contributed by atoms with Crippen molar-refractivity contribution in [2.45, 2.75) is 31.7 Å². The maximum Gasteiger partial charge on any atom is 0.253 e. The molecular weight excluding hydrogens is 324 g/mol. The summed E-state index contributed by atoms with van der Waals surface area (Å²) < 4.78 is 1.85. The van der Waals surface area contributed by atoms with Crippen molar-refractivity contribution < 1.29 is 4.79 Å². The summed E-state index contributed by atoms with van der Waals surface area (Å²) in [5, 5.41) is 3.36. The van der Waals surface area contributed by atoms with Crippen LogP contribution in [0.25, 0.3) is 11.2 Å². The van der Waals surface area contributed by atoms with Gasteiger partial charge in [0.1, 0.15) is 5.52 Å². The quantitative estimate of drug-likeness (QED) is 0.776. The smallest absolute Gasteiger partial charge is 0.253 e. The SMILES string of the molecule is Cn1cnc2c(C(=O)NC3C4CCC3Cc3ccccc3C4)ccnc21. The molecule has 2 aromatic heterocycles. The van der Waals surface area contributed by atoms with Crippen LogP contribution in [0.4, 0.5) is 0 Å². The highest BCUT2D eigenvalue weighted by Crippen LogP contribution is 2.40. The van der Waals surface area contributed by atoms with Crippen LogP contribution in [-0.4, -0.2) is 26.5 Å². The van der Waals surface area contributed by atoms with Gasteiger partial charge in [0.15, 0.2) is 5.65 Å². The van der Waals surface area contributed by atoms with Crippen LogP contribution in [-0.2, 0) is 19.9 Å². The fourth-order valence-corrected chi connectivity index (χ4v) is 4.83. The number of benzene rings is 1. The molecule has 1 amide bonds. The van der Waals surface area contributed by atoms with Gasteiger partial charge >= 0.3 is 0 Å². The number of imidazole rings is 1. The summed E-state index contributed by atoms with van der Waals surface area (Å²) in [6.45, 7) is 0. The zero-order chi connectivity index (χ0) is 17.7. The summed E-state index contributed by atoms with van der Waals surface area (Å²) in [6.07, 6.45) is 7.91. The molecule has 26 heavy (non-hydrogen) atoms. The number of carbonyl (C=O) groups is 1. The Bertz CT molecular complexity index is 960. The Morgan fingerprint density at radius 1 is 1.08 bits per heavy atom. The van der Waals surface area contributed by atoms with Gasteiger partial charge in [-0.2, -0.15) is 0 Å². The molecule has 132 valence electrons. The largest absolute Gasteiger partial charge is 0.349 e. The molecule has 2 bridgehead atoms. The van der Waals surface area contributed by atoms with E-state index in [1.165, 1.54) is 24.0 Å². The van der Waals surface area contributed by atoms with Gasteiger partial charge in [0, 0.05) is 19.3 Å². The van der Waals surface area contributed by atoms with Gasteiger partial charge in [-0.3, -0.25) is 4.79 Å². The minimum Gasteiger partial charge on any atom is -0.349 e. The number of pyridine rings is 1. The van der Waals surface area contributed by atoms with Crippen LogP contribution >= 0.6 is 0 Å². The predicted octanol–water partition coefficient (Wildman–Crippen LogP) is 2.89. The molecule has 3 aromatic rings. The van der Waals surface area contributed by atoms with Gasteiger partial charge in [0.2, 0.25) is 0 Å². The van der Waals surface area contributed by atoms with E-state index in [1.807, 2.05) is 11.6 Å². The Morgan fingerprint density at radius 3 is 2.46 bits per heavy atom. The number of nitrogens with one attached hydrogen (secondary N) is 1. The molecule has 0 spiro atoms. The number of fused-ring (bicyclic) bond motifs is 4. The normalized spacial score (nSPS) is 24.3. The average molecular weight is 346 g/mol. The lowest BCUT2D eigenvalue weighted by Crippen LogP contribution is -2.42. The third-order valence-corrected chi connectivity index (χ3v) is 6.15. The lowest BCUT2D eigenvalue weighted by atomic mass is 9.94. The first-order chi connectivity index (χ1) is 12.7. The first kappa shape index (κ1) is 15.6. The molecule has 1 saturated carbocycles. The highest BCUT2D eigenvalue weighted by atomic mass is 16.1. The van der Waals surface area contributed by atoms with Crippen LogP contribution in [0.2, 0.25) is 0 Å². The number of amides is 1. The van der Waals surface area contributed by atoms with Crippen molar-refractivity contribution in [1.29, 1.82) is 0 Å². The molecule has 5 heteroatoms.